The van der Waals surface area contributed by atoms with Gasteiger partial charge in [0.05, 0.1) is 17.7 Å². The lowest BCUT2D eigenvalue weighted by atomic mass is 9.90. The molecule has 0 aliphatic carbocycles. The van der Waals surface area contributed by atoms with Gasteiger partial charge >= 0.3 is 7.12 Å². The molecule has 0 amide bonds. The molecule has 2 heterocycles. The molecule has 0 aromatic heterocycles. The summed E-state index contributed by atoms with van der Waals surface area (Å²) in [5, 5.41) is 0. The molecule has 5 heteroatoms. The standard InChI is InChI=1S/C12H23BO4/c1-11(2)12(3,4)17-13(16-11)9-15-10-7-5-6-8-14-10/h10H,5-9H2,1-4H3. The second-order valence-electron chi connectivity index (χ2n) is 5.82. The molecule has 0 aromatic carbocycles. The molecule has 2 rings (SSSR count). The summed E-state index contributed by atoms with van der Waals surface area (Å²) in [4.78, 5) is 0. The van der Waals surface area contributed by atoms with Crippen LogP contribution in [0.3, 0.4) is 0 Å². The summed E-state index contributed by atoms with van der Waals surface area (Å²) in [7, 11) is -0.287. The molecule has 0 bridgehead atoms. The van der Waals surface area contributed by atoms with Crippen LogP contribution in [0.1, 0.15) is 47.0 Å². The fraction of sp³-hybridized carbons (Fsp3) is 1.00. The molecule has 0 aromatic rings. The van der Waals surface area contributed by atoms with Crippen LogP contribution in [0.15, 0.2) is 0 Å². The van der Waals surface area contributed by atoms with Crippen LogP contribution in [0.4, 0.5) is 0 Å². The molecular weight excluding hydrogens is 219 g/mol. The van der Waals surface area contributed by atoms with Gasteiger partial charge in [-0.1, -0.05) is 0 Å². The van der Waals surface area contributed by atoms with Gasteiger partial charge in [0.1, 0.15) is 0 Å². The number of ether oxygens (including phenoxy) is 2. The molecule has 98 valence electrons. The number of rotatable bonds is 3. The van der Waals surface area contributed by atoms with Crippen LogP contribution in [0, 0.1) is 0 Å². The minimum absolute atomic E-state index is 0.0808. The Kier molecular flexibility index (Phi) is 3.83. The average molecular weight is 242 g/mol. The molecule has 0 saturated carbocycles. The first kappa shape index (κ1) is 13.3. The van der Waals surface area contributed by atoms with Crippen LogP contribution in [0.25, 0.3) is 0 Å². The highest BCUT2D eigenvalue weighted by molar-refractivity contribution is 6.45. The Hall–Kier alpha value is -0.0951. The summed E-state index contributed by atoms with van der Waals surface area (Å²) in [5.41, 5.74) is -0.567. The molecular formula is C12H23BO4. The molecule has 2 saturated heterocycles. The molecule has 2 aliphatic heterocycles. The molecule has 1 atom stereocenters. The second-order valence-corrected chi connectivity index (χ2v) is 5.82. The Morgan fingerprint density at radius 1 is 1.12 bits per heavy atom. The smallest absolute Gasteiger partial charge is 0.402 e. The molecule has 2 aliphatic rings. The molecule has 1 unspecified atom stereocenters. The first-order valence-electron chi connectivity index (χ1n) is 6.49. The van der Waals surface area contributed by atoms with E-state index < -0.39 is 0 Å². The highest BCUT2D eigenvalue weighted by Gasteiger charge is 2.51. The van der Waals surface area contributed by atoms with Crippen LogP contribution in [0.2, 0.25) is 0 Å². The van der Waals surface area contributed by atoms with E-state index >= 15 is 0 Å². The third-order valence-corrected chi connectivity index (χ3v) is 3.86. The topological polar surface area (TPSA) is 36.9 Å². The van der Waals surface area contributed by atoms with Crippen molar-refractivity contribution < 1.29 is 18.8 Å². The van der Waals surface area contributed by atoms with Crippen molar-refractivity contribution in [2.75, 3.05) is 13.1 Å². The summed E-state index contributed by atoms with van der Waals surface area (Å²) >= 11 is 0. The van der Waals surface area contributed by atoms with Gasteiger partial charge in [-0.2, -0.15) is 0 Å². The van der Waals surface area contributed by atoms with Crippen LogP contribution in [-0.4, -0.2) is 37.7 Å². The third-order valence-electron chi connectivity index (χ3n) is 3.86. The van der Waals surface area contributed by atoms with E-state index in [-0.39, 0.29) is 24.6 Å². The van der Waals surface area contributed by atoms with E-state index in [4.69, 9.17) is 18.8 Å². The van der Waals surface area contributed by atoms with Crippen LogP contribution >= 0.6 is 0 Å². The van der Waals surface area contributed by atoms with Gasteiger partial charge in [0.15, 0.2) is 6.29 Å². The maximum atomic E-state index is 5.85. The zero-order chi connectivity index (χ0) is 12.5. The van der Waals surface area contributed by atoms with Crippen molar-refractivity contribution in [2.24, 2.45) is 0 Å². The van der Waals surface area contributed by atoms with E-state index in [9.17, 15) is 0 Å². The lowest BCUT2D eigenvalue weighted by molar-refractivity contribution is -0.154. The van der Waals surface area contributed by atoms with Crippen molar-refractivity contribution in [3.8, 4) is 0 Å². The van der Waals surface area contributed by atoms with Crippen molar-refractivity contribution in [2.45, 2.75) is 64.4 Å². The van der Waals surface area contributed by atoms with Gasteiger partial charge in [-0.05, 0) is 47.0 Å². The Morgan fingerprint density at radius 3 is 2.29 bits per heavy atom. The molecule has 4 nitrogen and oxygen atoms in total. The largest absolute Gasteiger partial charge is 0.485 e. The van der Waals surface area contributed by atoms with Crippen molar-refractivity contribution in [1.82, 2.24) is 0 Å². The van der Waals surface area contributed by atoms with Gasteiger partial charge in [-0.15, -0.1) is 0 Å². The van der Waals surface area contributed by atoms with E-state index in [2.05, 4.69) is 0 Å². The second kappa shape index (κ2) is 4.88. The van der Waals surface area contributed by atoms with Crippen molar-refractivity contribution in [1.29, 1.82) is 0 Å². The fourth-order valence-corrected chi connectivity index (χ4v) is 2.06. The summed E-state index contributed by atoms with van der Waals surface area (Å²) in [5.74, 6) is 0. The van der Waals surface area contributed by atoms with E-state index in [1.807, 2.05) is 27.7 Å². The zero-order valence-electron chi connectivity index (χ0n) is 11.3. The van der Waals surface area contributed by atoms with E-state index in [1.54, 1.807) is 0 Å². The van der Waals surface area contributed by atoms with E-state index in [0.29, 0.717) is 6.51 Å². The van der Waals surface area contributed by atoms with Gasteiger partial charge in [0.25, 0.3) is 0 Å². The van der Waals surface area contributed by atoms with Crippen LogP contribution in [0.5, 0.6) is 0 Å². The van der Waals surface area contributed by atoms with Gasteiger partial charge in [-0.25, -0.2) is 0 Å². The molecule has 0 N–H and O–H groups in total. The van der Waals surface area contributed by atoms with Gasteiger partial charge < -0.3 is 18.8 Å². The van der Waals surface area contributed by atoms with Crippen molar-refractivity contribution in [3.63, 3.8) is 0 Å². The predicted octanol–water partition coefficient (Wildman–Crippen LogP) is 2.16. The van der Waals surface area contributed by atoms with E-state index in [0.717, 1.165) is 19.4 Å². The zero-order valence-corrected chi connectivity index (χ0v) is 11.3. The Balaban J connectivity index is 1.77. The molecule has 17 heavy (non-hydrogen) atoms. The third kappa shape index (κ3) is 3.02. The van der Waals surface area contributed by atoms with Crippen molar-refractivity contribution >= 4 is 7.12 Å². The van der Waals surface area contributed by atoms with Gasteiger partial charge in [0.2, 0.25) is 0 Å². The lowest BCUT2D eigenvalue weighted by Crippen LogP contribution is -2.41. The minimum Gasteiger partial charge on any atom is -0.402 e. The normalized spacial score (nSPS) is 31.8. The molecule has 0 radical (unpaired) electrons. The van der Waals surface area contributed by atoms with Gasteiger partial charge in [0, 0.05) is 6.61 Å². The van der Waals surface area contributed by atoms with Crippen molar-refractivity contribution in [3.05, 3.63) is 0 Å². The number of hydrogen-bond donors (Lipinski definition) is 0. The Morgan fingerprint density at radius 2 is 1.76 bits per heavy atom. The monoisotopic (exact) mass is 242 g/mol. The first-order chi connectivity index (χ1) is 7.91. The highest BCUT2D eigenvalue weighted by atomic mass is 16.7. The Labute approximate surface area is 104 Å². The highest BCUT2D eigenvalue weighted by Crippen LogP contribution is 2.36. The quantitative estimate of drug-likeness (QED) is 0.710. The number of hydrogen-bond acceptors (Lipinski definition) is 4. The minimum atomic E-state index is -0.287. The fourth-order valence-electron chi connectivity index (χ4n) is 2.06. The predicted molar refractivity (Wildman–Crippen MR) is 65.6 cm³/mol. The van der Waals surface area contributed by atoms with Crippen LogP contribution < -0.4 is 0 Å². The lowest BCUT2D eigenvalue weighted by Gasteiger charge is -2.32. The Bertz CT molecular complexity index is 245. The summed E-state index contributed by atoms with van der Waals surface area (Å²) in [6, 6.07) is 0. The maximum absolute atomic E-state index is 5.85. The summed E-state index contributed by atoms with van der Waals surface area (Å²) in [6.45, 7) is 9.42. The average Bonchev–Trinajstić information content (AvgIpc) is 2.46. The molecule has 0 spiro atoms. The van der Waals surface area contributed by atoms with Crippen LogP contribution in [-0.2, 0) is 18.8 Å². The van der Waals surface area contributed by atoms with Gasteiger partial charge in [-0.3, -0.25) is 0 Å². The maximum Gasteiger partial charge on any atom is 0.485 e. The van der Waals surface area contributed by atoms with E-state index in [1.165, 1.54) is 6.42 Å². The SMILES string of the molecule is CC1(C)OB(COC2CCCCO2)OC1(C)C. The summed E-state index contributed by atoms with van der Waals surface area (Å²) < 4.78 is 22.9. The summed E-state index contributed by atoms with van der Waals surface area (Å²) in [6.07, 6.45) is 3.20. The molecule has 2 fully saturated rings. The first-order valence-corrected chi connectivity index (χ1v) is 6.49.